The second-order valence-electron chi connectivity index (χ2n) is 5.42. The highest BCUT2D eigenvalue weighted by Crippen LogP contribution is 2.15. The highest BCUT2D eigenvalue weighted by Gasteiger charge is 2.24. The fourth-order valence-electron chi connectivity index (χ4n) is 2.18. The first-order valence-electron chi connectivity index (χ1n) is 6.72. The minimum absolute atomic E-state index is 0.0451. The van der Waals surface area contributed by atoms with Crippen LogP contribution in [0.5, 0.6) is 0 Å². The lowest BCUT2D eigenvalue weighted by Gasteiger charge is -2.27. The molecule has 18 heavy (non-hydrogen) atoms. The molecule has 0 radical (unpaired) electrons. The molecular weight excluding hydrogens is 232 g/mol. The van der Waals surface area contributed by atoms with Gasteiger partial charge in [-0.25, -0.2) is 0 Å². The number of piperidine rings is 1. The Balaban J connectivity index is 2.21. The van der Waals surface area contributed by atoms with Crippen molar-refractivity contribution in [1.29, 1.82) is 0 Å². The van der Waals surface area contributed by atoms with Gasteiger partial charge in [0.15, 0.2) is 0 Å². The molecule has 0 aromatic heterocycles. The maximum Gasteiger partial charge on any atom is 0.303 e. The minimum Gasteiger partial charge on any atom is -0.481 e. The molecule has 3 N–H and O–H groups in total. The predicted molar refractivity (Wildman–Crippen MR) is 69.2 cm³/mol. The number of aliphatic carboxylic acids is 1. The fraction of sp³-hybridized carbons (Fsp3) is 0.846. The lowest BCUT2D eigenvalue weighted by atomic mass is 9.94. The molecule has 0 aliphatic carbocycles. The van der Waals surface area contributed by atoms with Crippen LogP contribution in [0, 0.1) is 11.8 Å². The van der Waals surface area contributed by atoms with E-state index < -0.39 is 5.97 Å². The van der Waals surface area contributed by atoms with Crippen LogP contribution in [0.4, 0.5) is 0 Å². The number of rotatable bonds is 6. The number of hydrogen-bond donors (Lipinski definition) is 3. The molecule has 1 aliphatic heterocycles. The van der Waals surface area contributed by atoms with E-state index in [4.69, 9.17) is 5.11 Å². The number of carboxylic acids is 1. The smallest absolute Gasteiger partial charge is 0.303 e. The Kier molecular flexibility index (Phi) is 6.12. The van der Waals surface area contributed by atoms with Crippen molar-refractivity contribution in [3.8, 4) is 0 Å². The summed E-state index contributed by atoms with van der Waals surface area (Å²) in [7, 11) is 0. The van der Waals surface area contributed by atoms with Crippen molar-refractivity contribution < 1.29 is 14.7 Å². The summed E-state index contributed by atoms with van der Waals surface area (Å²) in [4.78, 5) is 22.3. The summed E-state index contributed by atoms with van der Waals surface area (Å²) in [6.45, 7) is 5.57. The van der Waals surface area contributed by atoms with E-state index in [0.717, 1.165) is 19.4 Å². The van der Waals surface area contributed by atoms with Gasteiger partial charge in [0.05, 0.1) is 6.04 Å². The Bertz CT molecular complexity index is 294. The van der Waals surface area contributed by atoms with E-state index in [1.54, 1.807) is 0 Å². The largest absolute Gasteiger partial charge is 0.481 e. The van der Waals surface area contributed by atoms with Gasteiger partial charge in [-0.15, -0.1) is 0 Å². The van der Waals surface area contributed by atoms with Gasteiger partial charge in [-0.3, -0.25) is 9.59 Å². The SMILES string of the molecule is CC(CCC(=O)O)CNC(=O)C1CC(C)CCN1. The van der Waals surface area contributed by atoms with Crippen LogP contribution in [0.25, 0.3) is 0 Å². The highest BCUT2D eigenvalue weighted by atomic mass is 16.4. The van der Waals surface area contributed by atoms with E-state index in [1.807, 2.05) is 6.92 Å². The third-order valence-electron chi connectivity index (χ3n) is 3.46. The second kappa shape index (κ2) is 7.36. The maximum atomic E-state index is 11.9. The summed E-state index contributed by atoms with van der Waals surface area (Å²) in [6, 6.07) is -0.0829. The average Bonchev–Trinajstić information content (AvgIpc) is 2.33. The number of nitrogens with one attached hydrogen (secondary N) is 2. The first-order chi connectivity index (χ1) is 8.49. The third-order valence-corrected chi connectivity index (χ3v) is 3.46. The monoisotopic (exact) mass is 256 g/mol. The Morgan fingerprint density at radius 2 is 2.22 bits per heavy atom. The van der Waals surface area contributed by atoms with Gasteiger partial charge in [-0.05, 0) is 37.6 Å². The van der Waals surface area contributed by atoms with Crippen molar-refractivity contribution in [2.75, 3.05) is 13.1 Å². The summed E-state index contributed by atoms with van der Waals surface area (Å²) in [5.74, 6) is 0.0529. The van der Waals surface area contributed by atoms with Crippen LogP contribution >= 0.6 is 0 Å². The van der Waals surface area contributed by atoms with Crippen molar-refractivity contribution in [1.82, 2.24) is 10.6 Å². The van der Waals surface area contributed by atoms with Gasteiger partial charge < -0.3 is 15.7 Å². The van der Waals surface area contributed by atoms with E-state index in [9.17, 15) is 9.59 Å². The van der Waals surface area contributed by atoms with Crippen LogP contribution in [-0.4, -0.2) is 36.1 Å². The van der Waals surface area contributed by atoms with Crippen LogP contribution in [-0.2, 0) is 9.59 Å². The molecule has 5 nitrogen and oxygen atoms in total. The molecule has 1 aliphatic rings. The standard InChI is InChI=1S/C13H24N2O3/c1-9-5-6-14-11(7-9)13(18)15-8-10(2)3-4-12(16)17/h9-11,14H,3-8H2,1-2H3,(H,15,18)(H,16,17). The van der Waals surface area contributed by atoms with Crippen molar-refractivity contribution in [3.05, 3.63) is 0 Å². The topological polar surface area (TPSA) is 78.4 Å². The third kappa shape index (κ3) is 5.49. The molecule has 1 saturated heterocycles. The first kappa shape index (κ1) is 15.0. The zero-order valence-corrected chi connectivity index (χ0v) is 11.2. The molecule has 104 valence electrons. The first-order valence-corrected chi connectivity index (χ1v) is 6.72. The van der Waals surface area contributed by atoms with Gasteiger partial charge in [0.2, 0.25) is 5.91 Å². The van der Waals surface area contributed by atoms with Crippen molar-refractivity contribution in [3.63, 3.8) is 0 Å². The number of amides is 1. The van der Waals surface area contributed by atoms with Gasteiger partial charge in [0.1, 0.15) is 0 Å². The molecule has 3 atom stereocenters. The quantitative estimate of drug-likeness (QED) is 0.662. The van der Waals surface area contributed by atoms with Crippen LogP contribution < -0.4 is 10.6 Å². The van der Waals surface area contributed by atoms with Crippen molar-refractivity contribution in [2.24, 2.45) is 11.8 Å². The van der Waals surface area contributed by atoms with Crippen molar-refractivity contribution in [2.45, 2.75) is 45.6 Å². The van der Waals surface area contributed by atoms with Gasteiger partial charge in [0.25, 0.3) is 0 Å². The number of carbonyl (C=O) groups excluding carboxylic acids is 1. The zero-order chi connectivity index (χ0) is 13.5. The molecule has 1 rings (SSSR count). The average molecular weight is 256 g/mol. The molecule has 5 heteroatoms. The Labute approximate surface area is 108 Å². The van der Waals surface area contributed by atoms with Crippen LogP contribution in [0.3, 0.4) is 0 Å². The van der Waals surface area contributed by atoms with E-state index in [0.29, 0.717) is 18.9 Å². The second-order valence-corrected chi connectivity index (χ2v) is 5.42. The summed E-state index contributed by atoms with van der Waals surface area (Å²) < 4.78 is 0. The molecule has 0 aromatic rings. The van der Waals surface area contributed by atoms with Crippen LogP contribution in [0.2, 0.25) is 0 Å². The normalized spacial score (nSPS) is 25.4. The Hall–Kier alpha value is -1.10. The van der Waals surface area contributed by atoms with E-state index in [-0.39, 0.29) is 24.3 Å². The Morgan fingerprint density at radius 1 is 1.50 bits per heavy atom. The van der Waals surface area contributed by atoms with E-state index >= 15 is 0 Å². The van der Waals surface area contributed by atoms with Gasteiger partial charge >= 0.3 is 5.97 Å². The molecule has 0 aromatic carbocycles. The molecular formula is C13H24N2O3. The van der Waals surface area contributed by atoms with Gasteiger partial charge in [-0.2, -0.15) is 0 Å². The van der Waals surface area contributed by atoms with E-state index in [1.165, 1.54) is 0 Å². The van der Waals surface area contributed by atoms with Crippen LogP contribution in [0.15, 0.2) is 0 Å². The summed E-state index contributed by atoms with van der Waals surface area (Å²) in [5, 5.41) is 14.7. The molecule has 0 spiro atoms. The molecule has 0 bridgehead atoms. The van der Waals surface area contributed by atoms with E-state index in [2.05, 4.69) is 17.6 Å². The molecule has 1 fully saturated rings. The fourth-order valence-corrected chi connectivity index (χ4v) is 2.18. The summed E-state index contributed by atoms with van der Waals surface area (Å²) in [6.07, 6.45) is 2.77. The predicted octanol–water partition coefficient (Wildman–Crippen LogP) is 0.992. The summed E-state index contributed by atoms with van der Waals surface area (Å²) >= 11 is 0. The summed E-state index contributed by atoms with van der Waals surface area (Å²) in [5.41, 5.74) is 0. The lowest BCUT2D eigenvalue weighted by molar-refractivity contribution is -0.137. The lowest BCUT2D eigenvalue weighted by Crippen LogP contribution is -2.49. The highest BCUT2D eigenvalue weighted by molar-refractivity contribution is 5.81. The number of hydrogen-bond acceptors (Lipinski definition) is 3. The molecule has 3 unspecified atom stereocenters. The molecule has 1 heterocycles. The molecule has 1 amide bonds. The number of carbonyl (C=O) groups is 2. The van der Waals surface area contributed by atoms with Gasteiger partial charge in [0, 0.05) is 13.0 Å². The van der Waals surface area contributed by atoms with Crippen LogP contribution in [0.1, 0.15) is 39.5 Å². The number of carboxylic acid groups (broad SMARTS) is 1. The minimum atomic E-state index is -0.782. The maximum absolute atomic E-state index is 11.9. The Morgan fingerprint density at radius 3 is 2.83 bits per heavy atom. The zero-order valence-electron chi connectivity index (χ0n) is 11.2. The van der Waals surface area contributed by atoms with Crippen molar-refractivity contribution >= 4 is 11.9 Å². The van der Waals surface area contributed by atoms with Gasteiger partial charge in [-0.1, -0.05) is 13.8 Å². The molecule has 0 saturated carbocycles.